The van der Waals surface area contributed by atoms with Gasteiger partial charge in [0.15, 0.2) is 11.6 Å². The van der Waals surface area contributed by atoms with Gasteiger partial charge in [-0.1, -0.05) is 24.3 Å². The van der Waals surface area contributed by atoms with Gasteiger partial charge in [0, 0.05) is 34.4 Å². The number of aromatic nitrogens is 1. The zero-order chi connectivity index (χ0) is 19.1. The third kappa shape index (κ3) is 3.21. The van der Waals surface area contributed by atoms with Crippen molar-refractivity contribution in [3.63, 3.8) is 0 Å². The van der Waals surface area contributed by atoms with Crippen LogP contribution >= 0.6 is 0 Å². The minimum absolute atomic E-state index is 0.118. The number of fused-ring (bicyclic) bond motifs is 1. The third-order valence-corrected chi connectivity index (χ3v) is 5.32. The minimum Gasteiger partial charge on any atom is -0.366 e. The Morgan fingerprint density at radius 2 is 1.74 bits per heavy atom. The molecule has 2 aliphatic carbocycles. The number of nitrogens with zero attached hydrogens (tertiary/aromatic N) is 1. The maximum atomic E-state index is 12.9. The molecule has 5 heteroatoms. The zero-order valence-electron chi connectivity index (χ0n) is 15.1. The maximum absolute atomic E-state index is 12.9. The van der Waals surface area contributed by atoms with E-state index >= 15 is 0 Å². The lowest BCUT2D eigenvalue weighted by atomic mass is 9.83. The van der Waals surface area contributed by atoms with Crippen molar-refractivity contribution in [3.8, 4) is 0 Å². The van der Waals surface area contributed by atoms with Gasteiger partial charge in [-0.2, -0.15) is 0 Å². The molecule has 2 aromatic rings. The molecule has 1 aromatic carbocycles. The molecule has 4 rings (SSSR count). The van der Waals surface area contributed by atoms with Gasteiger partial charge in [0.25, 0.3) is 5.91 Å². The van der Waals surface area contributed by atoms with E-state index in [-0.39, 0.29) is 18.0 Å². The van der Waals surface area contributed by atoms with Crippen LogP contribution in [0.4, 0.5) is 0 Å². The molecule has 0 bridgehead atoms. The van der Waals surface area contributed by atoms with Crippen molar-refractivity contribution < 1.29 is 14.4 Å². The molecule has 0 saturated heterocycles. The first-order valence-electron chi connectivity index (χ1n) is 9.12. The molecule has 0 spiro atoms. The van der Waals surface area contributed by atoms with Gasteiger partial charge in [-0.3, -0.25) is 19.4 Å². The van der Waals surface area contributed by atoms with Gasteiger partial charge in [-0.05, 0) is 44.2 Å². The van der Waals surface area contributed by atoms with Gasteiger partial charge in [-0.25, -0.2) is 0 Å². The Hall–Kier alpha value is -3.08. The van der Waals surface area contributed by atoms with Gasteiger partial charge in [-0.15, -0.1) is 0 Å². The lowest BCUT2D eigenvalue weighted by Gasteiger charge is -2.19. The van der Waals surface area contributed by atoms with E-state index < -0.39 is 5.91 Å². The van der Waals surface area contributed by atoms with Crippen LogP contribution < -0.4 is 5.73 Å². The van der Waals surface area contributed by atoms with Crippen molar-refractivity contribution in [2.24, 2.45) is 11.7 Å². The largest absolute Gasteiger partial charge is 0.366 e. The number of ketones is 2. The fourth-order valence-electron chi connectivity index (χ4n) is 3.57. The number of primary amides is 1. The van der Waals surface area contributed by atoms with Crippen molar-refractivity contribution in [1.29, 1.82) is 0 Å². The molecule has 1 heterocycles. The second-order valence-corrected chi connectivity index (χ2v) is 7.29. The third-order valence-electron chi connectivity index (χ3n) is 5.32. The van der Waals surface area contributed by atoms with Gasteiger partial charge >= 0.3 is 0 Å². The molecule has 0 atom stereocenters. The number of pyridine rings is 1. The van der Waals surface area contributed by atoms with Crippen LogP contribution in [0.1, 0.15) is 62.2 Å². The van der Waals surface area contributed by atoms with Gasteiger partial charge in [0.1, 0.15) is 0 Å². The fraction of sp³-hybridized carbons (Fsp3) is 0.273. The summed E-state index contributed by atoms with van der Waals surface area (Å²) in [5, 5.41) is 0. The number of amides is 1. The Bertz CT molecular complexity index is 1020. The number of nitrogens with two attached hydrogens (primary N) is 1. The zero-order valence-corrected chi connectivity index (χ0v) is 15.1. The predicted molar refractivity (Wildman–Crippen MR) is 101 cm³/mol. The smallest absolute Gasteiger partial charge is 0.250 e. The van der Waals surface area contributed by atoms with Crippen LogP contribution in [0.15, 0.2) is 47.5 Å². The molecule has 1 amide bonds. The number of rotatable bonds is 5. The first kappa shape index (κ1) is 17.3. The average Bonchev–Trinajstić information content (AvgIpc) is 3.47. The summed E-state index contributed by atoms with van der Waals surface area (Å²) in [6.45, 7) is 1.69. The van der Waals surface area contributed by atoms with Crippen LogP contribution in [0.3, 0.4) is 0 Å². The van der Waals surface area contributed by atoms with E-state index in [1.165, 1.54) is 0 Å². The summed E-state index contributed by atoms with van der Waals surface area (Å²) in [7, 11) is 0. The summed E-state index contributed by atoms with van der Waals surface area (Å²) in [4.78, 5) is 41.9. The van der Waals surface area contributed by atoms with E-state index in [0.717, 1.165) is 19.3 Å². The van der Waals surface area contributed by atoms with Crippen LogP contribution in [-0.4, -0.2) is 22.5 Å². The number of hydrogen-bond acceptors (Lipinski definition) is 4. The molecule has 1 aromatic heterocycles. The van der Waals surface area contributed by atoms with Crippen LogP contribution in [0.25, 0.3) is 0 Å². The molecule has 2 aliphatic rings. The summed E-state index contributed by atoms with van der Waals surface area (Å²) < 4.78 is 0. The molecule has 27 heavy (non-hydrogen) atoms. The highest BCUT2D eigenvalue weighted by molar-refractivity contribution is 6.26. The lowest BCUT2D eigenvalue weighted by Crippen LogP contribution is -2.22. The molecular formula is C22H20N2O3. The molecule has 0 radical (unpaired) electrons. The maximum Gasteiger partial charge on any atom is 0.250 e. The summed E-state index contributed by atoms with van der Waals surface area (Å²) in [6, 6.07) is 10.3. The number of hydrogen-bond donors (Lipinski definition) is 1. The molecule has 0 unspecified atom stereocenters. The normalized spacial score (nSPS) is 16.5. The van der Waals surface area contributed by atoms with E-state index in [1.807, 2.05) is 0 Å². The topological polar surface area (TPSA) is 90.1 Å². The van der Waals surface area contributed by atoms with E-state index in [0.29, 0.717) is 45.1 Å². The fourth-order valence-corrected chi connectivity index (χ4v) is 3.57. The molecule has 0 aliphatic heterocycles. The van der Waals surface area contributed by atoms with Gasteiger partial charge in [0.2, 0.25) is 0 Å². The summed E-state index contributed by atoms with van der Waals surface area (Å²) in [5.41, 5.74) is 9.10. The number of allylic oxidation sites excluding steroid dienone is 2. The Morgan fingerprint density at radius 1 is 1.07 bits per heavy atom. The van der Waals surface area contributed by atoms with Gasteiger partial charge in [0.05, 0.1) is 11.3 Å². The van der Waals surface area contributed by atoms with E-state index in [4.69, 9.17) is 5.73 Å². The SMILES string of the molecule is CC1=C(Cc2ccc(C(N)=O)c(CC3CC3)n2)C(=O)c2ccccc2C1=O. The highest BCUT2D eigenvalue weighted by atomic mass is 16.1. The Morgan fingerprint density at radius 3 is 2.37 bits per heavy atom. The molecular weight excluding hydrogens is 340 g/mol. The number of carbonyl (C=O) groups is 3. The Kier molecular flexibility index (Phi) is 4.22. The van der Waals surface area contributed by atoms with Crippen molar-refractivity contribution in [2.75, 3.05) is 0 Å². The highest BCUT2D eigenvalue weighted by Gasteiger charge is 2.30. The molecule has 2 N–H and O–H groups in total. The van der Waals surface area contributed by atoms with Crippen molar-refractivity contribution in [3.05, 3.63) is 75.6 Å². The van der Waals surface area contributed by atoms with Crippen molar-refractivity contribution >= 4 is 17.5 Å². The molecule has 1 fully saturated rings. The van der Waals surface area contributed by atoms with Crippen LogP contribution in [0.5, 0.6) is 0 Å². The molecule has 5 nitrogen and oxygen atoms in total. The monoisotopic (exact) mass is 360 g/mol. The lowest BCUT2D eigenvalue weighted by molar-refractivity contribution is 0.0973. The highest BCUT2D eigenvalue weighted by Crippen LogP contribution is 2.33. The minimum atomic E-state index is -0.488. The standard InChI is InChI=1S/C22H20N2O3/c1-12-18(21(26)16-5-3-2-4-15(16)20(12)25)11-14-8-9-17(22(23)27)19(24-14)10-13-6-7-13/h2-5,8-9,13H,6-7,10-11H2,1H3,(H2,23,27). The first-order chi connectivity index (χ1) is 13.0. The first-order valence-corrected chi connectivity index (χ1v) is 9.12. The van der Waals surface area contributed by atoms with Crippen LogP contribution in [-0.2, 0) is 12.8 Å². The van der Waals surface area contributed by atoms with Crippen molar-refractivity contribution in [1.82, 2.24) is 4.98 Å². The van der Waals surface area contributed by atoms with E-state index in [1.54, 1.807) is 43.3 Å². The second kappa shape index (κ2) is 6.58. The van der Waals surface area contributed by atoms with Crippen LogP contribution in [0.2, 0.25) is 0 Å². The number of Topliss-reactive ketones (excluding diaryl/α,β-unsaturated/α-hetero) is 2. The van der Waals surface area contributed by atoms with E-state index in [2.05, 4.69) is 4.98 Å². The van der Waals surface area contributed by atoms with Gasteiger partial charge < -0.3 is 5.73 Å². The summed E-state index contributed by atoms with van der Waals surface area (Å²) in [6.07, 6.45) is 3.26. The van der Waals surface area contributed by atoms with Crippen molar-refractivity contribution in [2.45, 2.75) is 32.6 Å². The quantitative estimate of drug-likeness (QED) is 0.887. The summed E-state index contributed by atoms with van der Waals surface area (Å²) in [5.74, 6) is -0.186. The average molecular weight is 360 g/mol. The second-order valence-electron chi connectivity index (χ2n) is 7.29. The predicted octanol–water partition coefficient (Wildman–Crippen LogP) is 3.07. The Balaban J connectivity index is 1.69. The number of benzene rings is 1. The summed E-state index contributed by atoms with van der Waals surface area (Å²) >= 11 is 0. The Labute approximate surface area is 157 Å². The molecule has 136 valence electrons. The number of carbonyl (C=O) groups excluding carboxylic acids is 3. The van der Waals surface area contributed by atoms with E-state index in [9.17, 15) is 14.4 Å². The van der Waals surface area contributed by atoms with Crippen LogP contribution in [0, 0.1) is 5.92 Å². The molecule has 1 saturated carbocycles.